The number of β-amino-alcohol motifs (C(OH)–C–C–N with tert-alkyl or cyclic N) is 1. The summed E-state index contributed by atoms with van der Waals surface area (Å²) in [6.45, 7) is 10.8. The van der Waals surface area contributed by atoms with Crippen LogP contribution in [0.2, 0.25) is 0 Å². The second kappa shape index (κ2) is 11.1. The number of piperidine rings is 1. The molecule has 0 bridgehead atoms. The van der Waals surface area contributed by atoms with Gasteiger partial charge in [0.1, 0.15) is 0 Å². The van der Waals surface area contributed by atoms with E-state index in [1.165, 1.54) is 5.56 Å². The molecule has 6 heteroatoms. The molecule has 0 aromatic heterocycles. The van der Waals surface area contributed by atoms with Crippen LogP contribution in [0.15, 0.2) is 30.3 Å². The van der Waals surface area contributed by atoms with Gasteiger partial charge in [0.15, 0.2) is 0 Å². The fourth-order valence-electron chi connectivity index (χ4n) is 4.56. The maximum atomic E-state index is 12.7. The van der Waals surface area contributed by atoms with Gasteiger partial charge in [0, 0.05) is 45.8 Å². The van der Waals surface area contributed by atoms with Gasteiger partial charge in [0.25, 0.3) is 0 Å². The van der Waals surface area contributed by atoms with Gasteiger partial charge >= 0.3 is 0 Å². The quantitative estimate of drug-likeness (QED) is 0.712. The highest BCUT2D eigenvalue weighted by molar-refractivity contribution is 5.78. The van der Waals surface area contributed by atoms with Crippen molar-refractivity contribution in [2.75, 3.05) is 66.0 Å². The molecular weight excluding hydrogens is 364 g/mol. The minimum atomic E-state index is -0.250. The lowest BCUT2D eigenvalue weighted by Crippen LogP contribution is -2.51. The first-order valence-corrected chi connectivity index (χ1v) is 11.1. The summed E-state index contributed by atoms with van der Waals surface area (Å²) < 4.78 is 0. The van der Waals surface area contributed by atoms with Crippen LogP contribution in [0.3, 0.4) is 0 Å². The molecule has 2 aliphatic rings. The summed E-state index contributed by atoms with van der Waals surface area (Å²) in [5.74, 6) is 0.916. The molecule has 0 radical (unpaired) electrons. The fourth-order valence-corrected chi connectivity index (χ4v) is 4.56. The molecule has 0 spiro atoms. The number of amides is 1. The molecule has 1 aromatic carbocycles. The Morgan fingerprint density at radius 1 is 1.07 bits per heavy atom. The van der Waals surface area contributed by atoms with Gasteiger partial charge in [-0.25, -0.2) is 0 Å². The Labute approximate surface area is 176 Å². The van der Waals surface area contributed by atoms with E-state index in [2.05, 4.69) is 52.1 Å². The third-order valence-corrected chi connectivity index (χ3v) is 6.18. The topological polar surface area (TPSA) is 50.3 Å². The molecule has 162 valence electrons. The summed E-state index contributed by atoms with van der Waals surface area (Å²) in [5, 5.41) is 9.53. The first-order valence-electron chi connectivity index (χ1n) is 11.1. The van der Waals surface area contributed by atoms with E-state index in [4.69, 9.17) is 0 Å². The molecule has 2 saturated heterocycles. The standard InChI is InChI=1S/C23H38N4O2/c1-20(28)16-25-10-8-22(9-11-25)17-24(2)19-23(29)27-14-12-26(13-15-27)18-21-6-4-3-5-7-21/h3-7,20,22,28H,8-19H2,1-2H3. The number of benzene rings is 1. The monoisotopic (exact) mass is 402 g/mol. The number of piperazine rings is 1. The molecule has 2 aliphatic heterocycles. The van der Waals surface area contributed by atoms with Gasteiger partial charge in [-0.2, -0.15) is 0 Å². The van der Waals surface area contributed by atoms with Crippen molar-refractivity contribution in [3.63, 3.8) is 0 Å². The van der Waals surface area contributed by atoms with Crippen molar-refractivity contribution in [3.05, 3.63) is 35.9 Å². The summed E-state index contributed by atoms with van der Waals surface area (Å²) in [4.78, 5) is 21.7. The third-order valence-electron chi connectivity index (χ3n) is 6.18. The Balaban J connectivity index is 1.33. The lowest BCUT2D eigenvalue weighted by atomic mass is 9.96. The first kappa shape index (κ1) is 22.2. The molecule has 6 nitrogen and oxygen atoms in total. The molecule has 0 saturated carbocycles. The van der Waals surface area contributed by atoms with Crippen LogP contribution in [0.5, 0.6) is 0 Å². The second-order valence-electron chi connectivity index (χ2n) is 8.93. The van der Waals surface area contributed by atoms with Crippen molar-refractivity contribution >= 4 is 5.91 Å². The predicted octanol–water partition coefficient (Wildman–Crippen LogP) is 1.36. The minimum absolute atomic E-state index is 0.250. The number of carbonyl (C=O) groups excluding carboxylic acids is 1. The van der Waals surface area contributed by atoms with Crippen LogP contribution in [-0.4, -0.2) is 103 Å². The summed E-state index contributed by atoms with van der Waals surface area (Å²) in [7, 11) is 2.08. The van der Waals surface area contributed by atoms with Gasteiger partial charge in [-0.3, -0.25) is 14.6 Å². The normalized spacial score (nSPS) is 20.9. The number of rotatable bonds is 8. The Bertz CT molecular complexity index is 609. The summed E-state index contributed by atoms with van der Waals surface area (Å²) in [6.07, 6.45) is 2.06. The molecule has 1 aromatic rings. The molecule has 29 heavy (non-hydrogen) atoms. The smallest absolute Gasteiger partial charge is 0.236 e. The van der Waals surface area contributed by atoms with Gasteiger partial charge in [-0.1, -0.05) is 30.3 Å². The van der Waals surface area contributed by atoms with Gasteiger partial charge in [-0.05, 0) is 51.4 Å². The number of hydrogen-bond acceptors (Lipinski definition) is 5. The van der Waals surface area contributed by atoms with Crippen LogP contribution in [0.4, 0.5) is 0 Å². The molecule has 2 heterocycles. The van der Waals surface area contributed by atoms with E-state index in [1.807, 2.05) is 11.8 Å². The maximum Gasteiger partial charge on any atom is 0.236 e. The van der Waals surface area contributed by atoms with Gasteiger partial charge < -0.3 is 14.9 Å². The number of carbonyl (C=O) groups is 1. The van der Waals surface area contributed by atoms with Crippen LogP contribution in [0.25, 0.3) is 0 Å². The van der Waals surface area contributed by atoms with Crippen LogP contribution in [0.1, 0.15) is 25.3 Å². The highest BCUT2D eigenvalue weighted by atomic mass is 16.3. The molecule has 1 amide bonds. The number of likely N-dealkylation sites (tertiary alicyclic amines) is 1. The van der Waals surface area contributed by atoms with Crippen molar-refractivity contribution in [1.82, 2.24) is 19.6 Å². The highest BCUT2D eigenvalue weighted by Gasteiger charge is 2.24. The van der Waals surface area contributed by atoms with Crippen molar-refractivity contribution in [3.8, 4) is 0 Å². The van der Waals surface area contributed by atoms with E-state index in [-0.39, 0.29) is 12.0 Å². The summed E-state index contributed by atoms with van der Waals surface area (Å²) in [6, 6.07) is 10.6. The van der Waals surface area contributed by atoms with Gasteiger partial charge in [0.05, 0.1) is 12.6 Å². The lowest BCUT2D eigenvalue weighted by molar-refractivity contribution is -0.134. The molecule has 1 unspecified atom stereocenters. The van der Waals surface area contributed by atoms with E-state index >= 15 is 0 Å². The molecule has 2 fully saturated rings. The first-order chi connectivity index (χ1) is 14.0. The van der Waals surface area contributed by atoms with Crippen LogP contribution in [-0.2, 0) is 11.3 Å². The fraction of sp³-hybridized carbons (Fsp3) is 0.696. The number of aliphatic hydroxyl groups is 1. The van der Waals surface area contributed by atoms with E-state index in [0.29, 0.717) is 12.5 Å². The molecule has 0 aliphatic carbocycles. The zero-order valence-corrected chi connectivity index (χ0v) is 18.2. The van der Waals surface area contributed by atoms with Gasteiger partial charge in [0.2, 0.25) is 5.91 Å². The largest absolute Gasteiger partial charge is 0.392 e. The Morgan fingerprint density at radius 2 is 1.72 bits per heavy atom. The summed E-state index contributed by atoms with van der Waals surface area (Å²) >= 11 is 0. The van der Waals surface area contributed by atoms with Crippen molar-refractivity contribution in [2.24, 2.45) is 5.92 Å². The molecular formula is C23H38N4O2. The van der Waals surface area contributed by atoms with Crippen molar-refractivity contribution < 1.29 is 9.90 Å². The number of aliphatic hydroxyl groups excluding tert-OH is 1. The second-order valence-corrected chi connectivity index (χ2v) is 8.93. The van der Waals surface area contributed by atoms with Crippen molar-refractivity contribution in [2.45, 2.75) is 32.4 Å². The lowest BCUT2D eigenvalue weighted by Gasteiger charge is -2.36. The zero-order valence-electron chi connectivity index (χ0n) is 18.2. The predicted molar refractivity (Wildman–Crippen MR) is 117 cm³/mol. The van der Waals surface area contributed by atoms with E-state index in [9.17, 15) is 9.90 Å². The minimum Gasteiger partial charge on any atom is -0.392 e. The Hall–Kier alpha value is -1.47. The van der Waals surface area contributed by atoms with Gasteiger partial charge in [-0.15, -0.1) is 0 Å². The van der Waals surface area contributed by atoms with Crippen LogP contribution < -0.4 is 0 Å². The van der Waals surface area contributed by atoms with E-state index in [1.54, 1.807) is 0 Å². The third kappa shape index (κ3) is 7.37. The number of hydrogen-bond donors (Lipinski definition) is 1. The molecule has 1 atom stereocenters. The maximum absolute atomic E-state index is 12.7. The number of likely N-dealkylation sites (N-methyl/N-ethyl adjacent to an activating group) is 1. The SMILES string of the molecule is CC(O)CN1CCC(CN(C)CC(=O)N2CCN(Cc3ccccc3)CC2)CC1. The van der Waals surface area contributed by atoms with Crippen LogP contribution >= 0.6 is 0 Å². The van der Waals surface area contributed by atoms with Crippen LogP contribution in [0, 0.1) is 5.92 Å². The van der Waals surface area contributed by atoms with Crippen molar-refractivity contribution in [1.29, 1.82) is 0 Å². The number of nitrogens with zero attached hydrogens (tertiary/aromatic N) is 4. The molecule has 1 N–H and O–H groups in total. The Kier molecular flexibility index (Phi) is 8.48. The van der Waals surface area contributed by atoms with E-state index < -0.39 is 0 Å². The van der Waals surface area contributed by atoms with E-state index in [0.717, 1.165) is 71.7 Å². The highest BCUT2D eigenvalue weighted by Crippen LogP contribution is 2.18. The average Bonchev–Trinajstić information content (AvgIpc) is 2.70. The molecule has 3 rings (SSSR count). The zero-order chi connectivity index (χ0) is 20.6. The Morgan fingerprint density at radius 3 is 2.34 bits per heavy atom. The average molecular weight is 403 g/mol. The summed E-state index contributed by atoms with van der Waals surface area (Å²) in [5.41, 5.74) is 1.34.